The normalized spacial score (nSPS) is 11.7. The van der Waals surface area contributed by atoms with Gasteiger partial charge in [-0.2, -0.15) is 0 Å². The Labute approximate surface area is 192 Å². The third-order valence-electron chi connectivity index (χ3n) is 4.75. The molecule has 0 fully saturated rings. The van der Waals surface area contributed by atoms with E-state index in [0.717, 1.165) is 16.9 Å². The van der Waals surface area contributed by atoms with Crippen molar-refractivity contribution in [1.82, 2.24) is 14.8 Å². The van der Waals surface area contributed by atoms with E-state index in [1.165, 1.54) is 11.8 Å². The SMILES string of the molecule is COc1ccc(OC)c(NC(=O)CSc2nnc(C(C)Oc3cc(C)cc(C)c3)n2C)c1. The quantitative estimate of drug-likeness (QED) is 0.480. The van der Waals surface area contributed by atoms with E-state index < -0.39 is 0 Å². The van der Waals surface area contributed by atoms with Crippen LogP contribution in [0.1, 0.15) is 30.0 Å². The van der Waals surface area contributed by atoms with Gasteiger partial charge in [0.2, 0.25) is 5.91 Å². The molecule has 0 saturated carbocycles. The summed E-state index contributed by atoms with van der Waals surface area (Å²) >= 11 is 1.30. The van der Waals surface area contributed by atoms with Gasteiger partial charge in [-0.05, 0) is 56.2 Å². The monoisotopic (exact) mass is 456 g/mol. The number of carbonyl (C=O) groups is 1. The number of rotatable bonds is 9. The molecule has 0 aliphatic carbocycles. The van der Waals surface area contributed by atoms with Gasteiger partial charge in [-0.15, -0.1) is 10.2 Å². The molecule has 9 heteroatoms. The zero-order valence-corrected chi connectivity index (χ0v) is 19.9. The molecule has 2 aromatic carbocycles. The van der Waals surface area contributed by atoms with Crippen LogP contribution in [0, 0.1) is 13.8 Å². The van der Waals surface area contributed by atoms with Gasteiger partial charge in [0.15, 0.2) is 17.1 Å². The van der Waals surface area contributed by atoms with Gasteiger partial charge in [0.1, 0.15) is 17.2 Å². The molecule has 0 aliphatic heterocycles. The molecule has 1 amide bonds. The highest BCUT2D eigenvalue weighted by Gasteiger charge is 2.19. The van der Waals surface area contributed by atoms with E-state index in [0.29, 0.717) is 28.2 Å². The molecular formula is C23H28N4O4S. The van der Waals surface area contributed by atoms with Gasteiger partial charge in [0.05, 0.1) is 25.7 Å². The number of nitrogens with zero attached hydrogens (tertiary/aromatic N) is 3. The van der Waals surface area contributed by atoms with Crippen molar-refractivity contribution < 1.29 is 19.0 Å². The molecule has 1 N–H and O–H groups in total. The van der Waals surface area contributed by atoms with E-state index in [-0.39, 0.29) is 17.8 Å². The third kappa shape index (κ3) is 5.73. The molecule has 3 aromatic rings. The fourth-order valence-electron chi connectivity index (χ4n) is 3.29. The number of anilines is 1. The van der Waals surface area contributed by atoms with Gasteiger partial charge >= 0.3 is 0 Å². The van der Waals surface area contributed by atoms with E-state index in [4.69, 9.17) is 14.2 Å². The number of aromatic nitrogens is 3. The fraction of sp³-hybridized carbons (Fsp3) is 0.348. The molecule has 1 heterocycles. The Morgan fingerprint density at radius 2 is 1.78 bits per heavy atom. The molecule has 1 atom stereocenters. The molecule has 170 valence electrons. The summed E-state index contributed by atoms with van der Waals surface area (Å²) in [5.41, 5.74) is 2.83. The van der Waals surface area contributed by atoms with Crippen LogP contribution in [0.2, 0.25) is 0 Å². The number of benzene rings is 2. The van der Waals surface area contributed by atoms with Crippen LogP contribution >= 0.6 is 11.8 Å². The molecule has 0 bridgehead atoms. The predicted molar refractivity (Wildman–Crippen MR) is 125 cm³/mol. The Morgan fingerprint density at radius 1 is 1.06 bits per heavy atom. The third-order valence-corrected chi connectivity index (χ3v) is 5.77. The Balaban J connectivity index is 1.62. The first-order valence-electron chi connectivity index (χ1n) is 10.1. The zero-order chi connectivity index (χ0) is 23.3. The molecule has 1 unspecified atom stereocenters. The molecule has 0 spiro atoms. The van der Waals surface area contributed by atoms with Gasteiger partial charge in [-0.1, -0.05) is 17.8 Å². The Bertz CT molecular complexity index is 1080. The largest absolute Gasteiger partial charge is 0.497 e. The number of methoxy groups -OCH3 is 2. The first-order chi connectivity index (χ1) is 15.3. The first-order valence-corrected chi connectivity index (χ1v) is 11.1. The number of carbonyl (C=O) groups excluding carboxylic acids is 1. The summed E-state index contributed by atoms with van der Waals surface area (Å²) in [6, 6.07) is 11.3. The van der Waals surface area contributed by atoms with Crippen LogP contribution in [-0.4, -0.2) is 40.6 Å². The second-order valence-corrected chi connectivity index (χ2v) is 8.33. The highest BCUT2D eigenvalue weighted by Crippen LogP contribution is 2.29. The lowest BCUT2D eigenvalue weighted by molar-refractivity contribution is -0.113. The maximum absolute atomic E-state index is 12.5. The van der Waals surface area contributed by atoms with Gasteiger partial charge in [-0.25, -0.2) is 0 Å². The summed E-state index contributed by atoms with van der Waals surface area (Å²) < 4.78 is 18.4. The maximum Gasteiger partial charge on any atom is 0.234 e. The van der Waals surface area contributed by atoms with Crippen molar-refractivity contribution in [1.29, 1.82) is 0 Å². The first kappa shape index (κ1) is 23.5. The van der Waals surface area contributed by atoms with E-state index in [2.05, 4.69) is 21.6 Å². The predicted octanol–water partition coefficient (Wildman–Crippen LogP) is 4.32. The molecule has 1 aromatic heterocycles. The molecule has 0 aliphatic rings. The lowest BCUT2D eigenvalue weighted by atomic mass is 10.1. The minimum atomic E-state index is -0.294. The number of thioether (sulfide) groups is 1. The summed E-state index contributed by atoms with van der Waals surface area (Å²) in [5, 5.41) is 12.0. The van der Waals surface area contributed by atoms with E-state index in [1.807, 2.05) is 44.5 Å². The molecular weight excluding hydrogens is 428 g/mol. The Kier molecular flexibility index (Phi) is 7.63. The zero-order valence-electron chi connectivity index (χ0n) is 19.1. The Morgan fingerprint density at radius 3 is 2.44 bits per heavy atom. The molecule has 32 heavy (non-hydrogen) atoms. The van der Waals surface area contributed by atoms with Crippen molar-refractivity contribution in [3.63, 3.8) is 0 Å². The van der Waals surface area contributed by atoms with E-state index in [1.54, 1.807) is 32.4 Å². The molecule has 0 radical (unpaired) electrons. The van der Waals surface area contributed by atoms with Crippen LogP contribution in [0.15, 0.2) is 41.6 Å². The van der Waals surface area contributed by atoms with Crippen molar-refractivity contribution >= 4 is 23.4 Å². The second-order valence-electron chi connectivity index (χ2n) is 7.39. The summed E-state index contributed by atoms with van der Waals surface area (Å²) in [5.74, 6) is 2.64. The summed E-state index contributed by atoms with van der Waals surface area (Å²) in [6.45, 7) is 6.00. The standard InChI is InChI=1S/C23H28N4O4S/c1-14-9-15(2)11-18(10-14)31-16(3)22-25-26-23(27(22)4)32-13-21(28)24-19-12-17(29-5)7-8-20(19)30-6/h7-12,16H,13H2,1-6H3,(H,24,28). The number of amides is 1. The van der Waals surface area contributed by atoms with Gasteiger partial charge in [0.25, 0.3) is 0 Å². The molecule has 0 saturated heterocycles. The van der Waals surface area contributed by atoms with Crippen molar-refractivity contribution in [2.45, 2.75) is 32.0 Å². The van der Waals surface area contributed by atoms with Crippen LogP contribution in [-0.2, 0) is 11.8 Å². The highest BCUT2D eigenvalue weighted by atomic mass is 32.2. The lowest BCUT2D eigenvalue weighted by Crippen LogP contribution is -2.15. The van der Waals surface area contributed by atoms with Crippen molar-refractivity contribution in [3.05, 3.63) is 53.3 Å². The lowest BCUT2D eigenvalue weighted by Gasteiger charge is -2.15. The minimum absolute atomic E-state index is 0.165. The maximum atomic E-state index is 12.5. The van der Waals surface area contributed by atoms with Gasteiger partial charge in [0, 0.05) is 13.1 Å². The van der Waals surface area contributed by atoms with Crippen LogP contribution in [0.3, 0.4) is 0 Å². The van der Waals surface area contributed by atoms with Gasteiger partial charge in [-0.3, -0.25) is 4.79 Å². The summed E-state index contributed by atoms with van der Waals surface area (Å²) in [7, 11) is 4.98. The summed E-state index contributed by atoms with van der Waals surface area (Å²) in [6.07, 6.45) is -0.294. The smallest absolute Gasteiger partial charge is 0.234 e. The minimum Gasteiger partial charge on any atom is -0.497 e. The highest BCUT2D eigenvalue weighted by molar-refractivity contribution is 7.99. The van der Waals surface area contributed by atoms with Crippen LogP contribution in [0.25, 0.3) is 0 Å². The number of nitrogens with one attached hydrogen (secondary N) is 1. The van der Waals surface area contributed by atoms with Crippen molar-refractivity contribution in [2.24, 2.45) is 7.05 Å². The molecule has 3 rings (SSSR count). The van der Waals surface area contributed by atoms with Crippen LogP contribution in [0.5, 0.6) is 17.2 Å². The number of ether oxygens (including phenoxy) is 3. The fourth-order valence-corrected chi connectivity index (χ4v) is 4.01. The van der Waals surface area contributed by atoms with Crippen LogP contribution in [0.4, 0.5) is 5.69 Å². The Hall–Kier alpha value is -3.20. The van der Waals surface area contributed by atoms with Gasteiger partial charge < -0.3 is 24.1 Å². The second kappa shape index (κ2) is 10.4. The van der Waals surface area contributed by atoms with Crippen molar-refractivity contribution in [2.75, 3.05) is 25.3 Å². The number of hydrogen-bond donors (Lipinski definition) is 1. The average molecular weight is 457 g/mol. The van der Waals surface area contributed by atoms with Crippen molar-refractivity contribution in [3.8, 4) is 17.2 Å². The number of hydrogen-bond acceptors (Lipinski definition) is 7. The number of aryl methyl sites for hydroxylation is 2. The summed E-state index contributed by atoms with van der Waals surface area (Å²) in [4.78, 5) is 12.5. The van der Waals surface area contributed by atoms with E-state index in [9.17, 15) is 4.79 Å². The topological polar surface area (TPSA) is 87.5 Å². The molecule has 8 nitrogen and oxygen atoms in total. The average Bonchev–Trinajstić information content (AvgIpc) is 3.11. The van der Waals surface area contributed by atoms with E-state index >= 15 is 0 Å². The van der Waals surface area contributed by atoms with Crippen LogP contribution < -0.4 is 19.5 Å².